The van der Waals surface area contributed by atoms with Crippen LogP contribution in [0.15, 0.2) is 48.5 Å². The lowest BCUT2D eigenvalue weighted by atomic mass is 10.1. The van der Waals surface area contributed by atoms with Crippen molar-refractivity contribution in [3.05, 3.63) is 76.1 Å². The van der Waals surface area contributed by atoms with E-state index in [1.165, 1.54) is 0 Å². The molecule has 0 unspecified atom stereocenters. The van der Waals surface area contributed by atoms with Gasteiger partial charge in [-0.05, 0) is 44.2 Å². The molecule has 0 fully saturated rings. The highest BCUT2D eigenvalue weighted by atomic mass is 35.5. The second kappa shape index (κ2) is 8.48. The molecule has 0 spiro atoms. The van der Waals surface area contributed by atoms with E-state index in [4.69, 9.17) is 16.3 Å². The van der Waals surface area contributed by atoms with E-state index >= 15 is 0 Å². The van der Waals surface area contributed by atoms with Crippen molar-refractivity contribution in [3.8, 4) is 11.4 Å². The molecule has 1 heterocycles. The summed E-state index contributed by atoms with van der Waals surface area (Å²) in [6.45, 7) is 4.49. The Hall–Kier alpha value is -2.79. The highest BCUT2D eigenvalue weighted by Gasteiger charge is 2.18. The van der Waals surface area contributed by atoms with Gasteiger partial charge in [0.25, 0.3) is 0 Å². The Kier molecular flexibility index (Phi) is 6.05. The first-order valence-electron chi connectivity index (χ1n) is 9.07. The van der Waals surface area contributed by atoms with Crippen LogP contribution in [0, 0.1) is 13.8 Å². The average Bonchev–Trinajstić information content (AvgIpc) is 2.97. The van der Waals surface area contributed by atoms with Gasteiger partial charge in [0.1, 0.15) is 5.75 Å². The molecule has 5 nitrogen and oxygen atoms in total. The van der Waals surface area contributed by atoms with Gasteiger partial charge in [0, 0.05) is 35.4 Å². The smallest absolute Gasteiger partial charge is 0.227 e. The first-order chi connectivity index (χ1) is 13.4. The number of amides is 1. The van der Waals surface area contributed by atoms with Crippen LogP contribution in [0.2, 0.25) is 5.02 Å². The van der Waals surface area contributed by atoms with Crippen LogP contribution in [0.5, 0.6) is 5.75 Å². The number of rotatable bonds is 6. The zero-order valence-electron chi connectivity index (χ0n) is 16.6. The van der Waals surface area contributed by atoms with Gasteiger partial charge >= 0.3 is 0 Å². The van der Waals surface area contributed by atoms with E-state index in [1.54, 1.807) is 37.3 Å². The molecule has 0 saturated heterocycles. The number of hydrogen-bond donors (Lipinski definition) is 0. The summed E-state index contributed by atoms with van der Waals surface area (Å²) in [5, 5.41) is 5.24. The zero-order valence-corrected chi connectivity index (χ0v) is 17.3. The topological polar surface area (TPSA) is 47.4 Å². The molecular formula is C22H24ClN3O2. The zero-order chi connectivity index (χ0) is 20.3. The van der Waals surface area contributed by atoms with E-state index in [2.05, 4.69) is 5.10 Å². The van der Waals surface area contributed by atoms with Crippen molar-refractivity contribution in [1.82, 2.24) is 14.7 Å². The number of nitrogens with zero attached hydrogens (tertiary/aromatic N) is 3. The molecule has 0 aliphatic rings. The minimum absolute atomic E-state index is 0.00757. The summed E-state index contributed by atoms with van der Waals surface area (Å²) in [5.41, 5.74) is 4.79. The van der Waals surface area contributed by atoms with Crippen molar-refractivity contribution in [2.45, 2.75) is 26.8 Å². The molecule has 3 aromatic rings. The number of methoxy groups -OCH3 is 1. The lowest BCUT2D eigenvalue weighted by Crippen LogP contribution is -2.28. The molecule has 0 N–H and O–H groups in total. The second-order valence-electron chi connectivity index (χ2n) is 6.78. The van der Waals surface area contributed by atoms with Crippen LogP contribution in [0.1, 0.15) is 22.5 Å². The Bertz CT molecular complexity index is 983. The van der Waals surface area contributed by atoms with Crippen LogP contribution in [0.25, 0.3) is 5.69 Å². The molecule has 0 radical (unpaired) electrons. The van der Waals surface area contributed by atoms with Crippen molar-refractivity contribution < 1.29 is 9.53 Å². The van der Waals surface area contributed by atoms with Gasteiger partial charge in [0.15, 0.2) is 0 Å². The Morgan fingerprint density at radius 3 is 2.57 bits per heavy atom. The Morgan fingerprint density at radius 1 is 1.18 bits per heavy atom. The van der Waals surface area contributed by atoms with Gasteiger partial charge in [0.05, 0.1) is 24.9 Å². The van der Waals surface area contributed by atoms with Crippen LogP contribution in [-0.2, 0) is 17.8 Å². The van der Waals surface area contributed by atoms with Crippen LogP contribution < -0.4 is 4.74 Å². The number of ether oxygens (including phenoxy) is 1. The molecule has 0 aliphatic carbocycles. The number of benzene rings is 2. The van der Waals surface area contributed by atoms with Crippen molar-refractivity contribution in [2.24, 2.45) is 0 Å². The van der Waals surface area contributed by atoms with E-state index in [9.17, 15) is 4.79 Å². The van der Waals surface area contributed by atoms with Crippen molar-refractivity contribution in [1.29, 1.82) is 0 Å². The standard InChI is InChI=1S/C22H24ClN3O2/c1-15-20(16(2)26(24-15)19-8-6-5-7-9-19)14-25(3)22(27)13-17-12-18(23)10-11-21(17)28-4/h5-12H,13-14H2,1-4H3. The molecule has 28 heavy (non-hydrogen) atoms. The summed E-state index contributed by atoms with van der Waals surface area (Å²) in [5.74, 6) is 0.655. The highest BCUT2D eigenvalue weighted by Crippen LogP contribution is 2.24. The van der Waals surface area contributed by atoms with E-state index in [0.717, 1.165) is 28.2 Å². The van der Waals surface area contributed by atoms with Crippen LogP contribution in [0.3, 0.4) is 0 Å². The maximum absolute atomic E-state index is 12.8. The first kappa shape index (κ1) is 20.0. The third-order valence-corrected chi connectivity index (χ3v) is 5.08. The van der Waals surface area contributed by atoms with Gasteiger partial charge in [-0.2, -0.15) is 5.10 Å². The highest BCUT2D eigenvalue weighted by molar-refractivity contribution is 6.30. The van der Waals surface area contributed by atoms with Gasteiger partial charge in [-0.1, -0.05) is 29.8 Å². The number of hydrogen-bond acceptors (Lipinski definition) is 3. The Balaban J connectivity index is 1.78. The fraction of sp³-hybridized carbons (Fsp3) is 0.273. The van der Waals surface area contributed by atoms with Gasteiger partial charge in [-0.3, -0.25) is 4.79 Å². The molecule has 146 valence electrons. The van der Waals surface area contributed by atoms with E-state index in [1.807, 2.05) is 48.9 Å². The monoisotopic (exact) mass is 397 g/mol. The maximum atomic E-state index is 12.8. The molecule has 6 heteroatoms. The van der Waals surface area contributed by atoms with E-state index < -0.39 is 0 Å². The average molecular weight is 398 g/mol. The molecule has 0 aliphatic heterocycles. The minimum atomic E-state index is -0.00757. The molecule has 0 atom stereocenters. The third kappa shape index (κ3) is 4.20. The summed E-state index contributed by atoms with van der Waals surface area (Å²) in [7, 11) is 3.39. The molecular weight excluding hydrogens is 374 g/mol. The fourth-order valence-electron chi connectivity index (χ4n) is 3.23. The van der Waals surface area contributed by atoms with Crippen molar-refractivity contribution >= 4 is 17.5 Å². The number of carbonyl (C=O) groups is 1. The van der Waals surface area contributed by atoms with Gasteiger partial charge in [-0.15, -0.1) is 0 Å². The van der Waals surface area contributed by atoms with Crippen LogP contribution in [0.4, 0.5) is 0 Å². The maximum Gasteiger partial charge on any atom is 0.227 e. The summed E-state index contributed by atoms with van der Waals surface area (Å²) in [4.78, 5) is 14.5. The molecule has 0 bridgehead atoms. The molecule has 2 aromatic carbocycles. The summed E-state index contributed by atoms with van der Waals surface area (Å²) >= 11 is 6.08. The Morgan fingerprint density at radius 2 is 1.89 bits per heavy atom. The SMILES string of the molecule is COc1ccc(Cl)cc1CC(=O)N(C)Cc1c(C)nn(-c2ccccc2)c1C. The van der Waals surface area contributed by atoms with E-state index in [0.29, 0.717) is 17.3 Å². The number of carbonyl (C=O) groups excluding carboxylic acids is 1. The normalized spacial score (nSPS) is 10.8. The van der Waals surface area contributed by atoms with Crippen molar-refractivity contribution in [2.75, 3.05) is 14.2 Å². The van der Waals surface area contributed by atoms with Crippen molar-refractivity contribution in [3.63, 3.8) is 0 Å². The predicted octanol–water partition coefficient (Wildman–Crippen LogP) is 4.35. The van der Waals surface area contributed by atoms with Crippen LogP contribution >= 0.6 is 11.6 Å². The molecule has 1 aromatic heterocycles. The van der Waals surface area contributed by atoms with E-state index in [-0.39, 0.29) is 12.3 Å². The predicted molar refractivity (Wildman–Crippen MR) is 111 cm³/mol. The molecule has 0 saturated carbocycles. The second-order valence-corrected chi connectivity index (χ2v) is 7.22. The quantitative estimate of drug-likeness (QED) is 0.621. The molecule has 3 rings (SSSR count). The first-order valence-corrected chi connectivity index (χ1v) is 9.45. The summed E-state index contributed by atoms with van der Waals surface area (Å²) < 4.78 is 7.27. The summed E-state index contributed by atoms with van der Waals surface area (Å²) in [6.07, 6.45) is 0.227. The lowest BCUT2D eigenvalue weighted by Gasteiger charge is -2.18. The van der Waals surface area contributed by atoms with Gasteiger partial charge in [0.2, 0.25) is 5.91 Å². The number of halogens is 1. The minimum Gasteiger partial charge on any atom is -0.496 e. The molecule has 1 amide bonds. The van der Waals surface area contributed by atoms with Crippen LogP contribution in [-0.4, -0.2) is 34.7 Å². The lowest BCUT2D eigenvalue weighted by molar-refractivity contribution is -0.129. The largest absolute Gasteiger partial charge is 0.496 e. The van der Waals surface area contributed by atoms with Gasteiger partial charge < -0.3 is 9.64 Å². The summed E-state index contributed by atoms with van der Waals surface area (Å²) in [6, 6.07) is 15.3. The Labute approximate surface area is 170 Å². The third-order valence-electron chi connectivity index (χ3n) is 4.85. The number of para-hydroxylation sites is 1. The number of aryl methyl sites for hydroxylation is 1. The number of aromatic nitrogens is 2. The number of likely N-dealkylation sites (N-methyl/N-ethyl adjacent to an activating group) is 1. The fourth-order valence-corrected chi connectivity index (χ4v) is 3.43. The van der Waals surface area contributed by atoms with Gasteiger partial charge in [-0.25, -0.2) is 4.68 Å².